The van der Waals surface area contributed by atoms with Gasteiger partial charge in [0, 0.05) is 30.2 Å². The molecule has 2 rings (SSSR count). The van der Waals surface area contributed by atoms with E-state index in [2.05, 4.69) is 10.2 Å². The second-order valence-electron chi connectivity index (χ2n) is 4.92. The second kappa shape index (κ2) is 8.63. The number of benzene rings is 1. The number of fused-ring (bicyclic) bond motifs is 1. The highest BCUT2D eigenvalue weighted by Gasteiger charge is 2.15. The van der Waals surface area contributed by atoms with Gasteiger partial charge in [-0.1, -0.05) is 18.2 Å². The zero-order valence-electron chi connectivity index (χ0n) is 12.5. The van der Waals surface area contributed by atoms with Crippen LogP contribution in [0.3, 0.4) is 0 Å². The molecule has 0 aliphatic rings. The summed E-state index contributed by atoms with van der Waals surface area (Å²) < 4.78 is 2.05. The van der Waals surface area contributed by atoms with Crippen LogP contribution in [0.5, 0.6) is 0 Å². The number of carbonyl (C=O) groups is 1. The highest BCUT2D eigenvalue weighted by Crippen LogP contribution is 2.21. The Balaban J connectivity index is 0.00000220. The third-order valence-electron chi connectivity index (χ3n) is 3.07. The minimum absolute atomic E-state index is 0. The van der Waals surface area contributed by atoms with Crippen molar-refractivity contribution < 1.29 is 4.79 Å². The topological polar surface area (TPSA) is 87.1 Å². The molecule has 4 N–H and O–H groups in total. The van der Waals surface area contributed by atoms with Crippen molar-refractivity contribution in [2.24, 2.45) is 5.73 Å². The average molecular weight is 346 g/mol. The molecule has 0 aliphatic carbocycles. The minimum Gasteiger partial charge on any atom is -0.370 e. The van der Waals surface area contributed by atoms with Crippen molar-refractivity contribution in [1.82, 2.24) is 14.8 Å². The third-order valence-corrected chi connectivity index (χ3v) is 3.07. The monoisotopic (exact) mass is 345 g/mol. The molecule has 1 amide bonds. The van der Waals surface area contributed by atoms with Crippen LogP contribution in [0.15, 0.2) is 30.5 Å². The molecule has 0 saturated heterocycles. The van der Waals surface area contributed by atoms with Crippen LogP contribution in [0.25, 0.3) is 10.9 Å². The Kier molecular flexibility index (Phi) is 7.94. The standard InChI is InChI=1S/C14H19N5O.2ClH/c1-18(2)7-8-19-9-11(13(20)17-14(15)16)10-5-3-4-6-12(10)19;;/h3-6,9H,7-8H2,1-2H3,(H4,15,16,17,20);2*1H. The van der Waals surface area contributed by atoms with Gasteiger partial charge in [0.15, 0.2) is 5.96 Å². The van der Waals surface area contributed by atoms with Crippen LogP contribution in [0, 0.1) is 5.41 Å². The Morgan fingerprint density at radius 1 is 1.32 bits per heavy atom. The van der Waals surface area contributed by atoms with Gasteiger partial charge < -0.3 is 15.2 Å². The Bertz CT molecular complexity index is 654. The van der Waals surface area contributed by atoms with Gasteiger partial charge in [-0.2, -0.15) is 0 Å². The Morgan fingerprint density at radius 2 is 1.95 bits per heavy atom. The summed E-state index contributed by atoms with van der Waals surface area (Å²) in [6.07, 6.45) is 1.81. The van der Waals surface area contributed by atoms with E-state index in [9.17, 15) is 4.79 Å². The summed E-state index contributed by atoms with van der Waals surface area (Å²) in [5.41, 5.74) is 6.76. The van der Waals surface area contributed by atoms with Crippen molar-refractivity contribution in [2.75, 3.05) is 20.6 Å². The number of amides is 1. The summed E-state index contributed by atoms with van der Waals surface area (Å²) in [7, 11) is 4.02. The van der Waals surface area contributed by atoms with Crippen molar-refractivity contribution in [3.05, 3.63) is 36.0 Å². The summed E-state index contributed by atoms with van der Waals surface area (Å²) in [4.78, 5) is 14.2. The van der Waals surface area contributed by atoms with E-state index in [1.165, 1.54) is 0 Å². The number of hydrogen-bond donors (Lipinski definition) is 3. The largest absolute Gasteiger partial charge is 0.370 e. The number of halogens is 2. The van der Waals surface area contributed by atoms with Crippen LogP contribution in [-0.4, -0.2) is 42.0 Å². The lowest BCUT2D eigenvalue weighted by Gasteiger charge is -2.10. The van der Waals surface area contributed by atoms with Crippen LogP contribution < -0.4 is 11.1 Å². The van der Waals surface area contributed by atoms with E-state index < -0.39 is 0 Å². The van der Waals surface area contributed by atoms with Crippen molar-refractivity contribution >= 4 is 47.6 Å². The van der Waals surface area contributed by atoms with Crippen LogP contribution >= 0.6 is 24.8 Å². The van der Waals surface area contributed by atoms with Gasteiger partial charge >= 0.3 is 0 Å². The number of nitrogens with one attached hydrogen (secondary N) is 2. The first kappa shape index (κ1) is 20.2. The Labute approximate surface area is 142 Å². The van der Waals surface area contributed by atoms with Gasteiger partial charge in [-0.25, -0.2) is 0 Å². The molecule has 0 fully saturated rings. The number of nitrogens with zero attached hydrogens (tertiary/aromatic N) is 2. The van der Waals surface area contributed by atoms with Gasteiger partial charge in [0.1, 0.15) is 0 Å². The quantitative estimate of drug-likeness (QED) is 0.581. The lowest BCUT2D eigenvalue weighted by molar-refractivity contribution is 0.0978. The highest BCUT2D eigenvalue weighted by atomic mass is 35.5. The van der Waals surface area contributed by atoms with Crippen LogP contribution in [0.4, 0.5) is 0 Å². The fraction of sp³-hybridized carbons (Fsp3) is 0.286. The molecular formula is C14H21Cl2N5O. The molecule has 1 heterocycles. The highest BCUT2D eigenvalue weighted by molar-refractivity contribution is 6.12. The van der Waals surface area contributed by atoms with Gasteiger partial charge in [0.2, 0.25) is 0 Å². The predicted molar refractivity (Wildman–Crippen MR) is 94.4 cm³/mol. The fourth-order valence-electron chi connectivity index (χ4n) is 2.11. The molecule has 6 nitrogen and oxygen atoms in total. The smallest absolute Gasteiger partial charge is 0.260 e. The molecular weight excluding hydrogens is 325 g/mol. The lowest BCUT2D eigenvalue weighted by atomic mass is 10.1. The average Bonchev–Trinajstić information content (AvgIpc) is 2.74. The van der Waals surface area contributed by atoms with E-state index in [-0.39, 0.29) is 36.7 Å². The maximum atomic E-state index is 12.1. The maximum Gasteiger partial charge on any atom is 0.260 e. The Hall–Kier alpha value is -1.76. The minimum atomic E-state index is -0.350. The van der Waals surface area contributed by atoms with Gasteiger partial charge in [0.25, 0.3) is 5.91 Å². The molecule has 0 radical (unpaired) electrons. The Morgan fingerprint density at radius 3 is 2.55 bits per heavy atom. The van der Waals surface area contributed by atoms with Crippen molar-refractivity contribution in [2.45, 2.75) is 6.54 Å². The third kappa shape index (κ3) is 4.62. The van der Waals surface area contributed by atoms with E-state index in [1.807, 2.05) is 49.1 Å². The van der Waals surface area contributed by atoms with Gasteiger partial charge in [-0.15, -0.1) is 24.8 Å². The molecule has 0 spiro atoms. The van der Waals surface area contributed by atoms with Crippen LogP contribution in [0.2, 0.25) is 0 Å². The lowest BCUT2D eigenvalue weighted by Crippen LogP contribution is -2.35. The molecule has 0 saturated carbocycles. The molecule has 8 heteroatoms. The van der Waals surface area contributed by atoms with Crippen LogP contribution in [0.1, 0.15) is 10.4 Å². The zero-order chi connectivity index (χ0) is 14.7. The van der Waals surface area contributed by atoms with Crippen molar-refractivity contribution in [3.63, 3.8) is 0 Å². The summed E-state index contributed by atoms with van der Waals surface area (Å²) in [6.45, 7) is 1.67. The first-order valence-corrected chi connectivity index (χ1v) is 6.37. The first-order chi connectivity index (χ1) is 9.49. The molecule has 122 valence electrons. The number of aromatic nitrogens is 1. The van der Waals surface area contributed by atoms with Gasteiger partial charge in [-0.05, 0) is 20.2 Å². The number of carbonyl (C=O) groups excluding carboxylic acids is 1. The second-order valence-corrected chi connectivity index (χ2v) is 4.92. The molecule has 0 unspecified atom stereocenters. The van der Waals surface area contributed by atoms with Crippen LogP contribution in [-0.2, 0) is 6.54 Å². The SMILES string of the molecule is CN(C)CCn1cc(C(=O)NC(=N)N)c2ccccc21.Cl.Cl. The maximum absolute atomic E-state index is 12.1. The number of guanidine groups is 1. The number of hydrogen-bond acceptors (Lipinski definition) is 3. The first-order valence-electron chi connectivity index (χ1n) is 6.37. The van der Waals surface area contributed by atoms with E-state index in [0.717, 1.165) is 24.0 Å². The molecule has 2 aromatic rings. The van der Waals surface area contributed by atoms with E-state index in [0.29, 0.717) is 5.56 Å². The van der Waals surface area contributed by atoms with Crippen molar-refractivity contribution in [3.8, 4) is 0 Å². The van der Waals surface area contributed by atoms with Crippen molar-refractivity contribution in [1.29, 1.82) is 5.41 Å². The fourth-order valence-corrected chi connectivity index (χ4v) is 2.11. The number of para-hydroxylation sites is 1. The van der Waals surface area contributed by atoms with E-state index >= 15 is 0 Å². The van der Waals surface area contributed by atoms with Gasteiger partial charge in [-0.3, -0.25) is 15.5 Å². The summed E-state index contributed by atoms with van der Waals surface area (Å²) in [5, 5.41) is 10.4. The van der Waals surface area contributed by atoms with E-state index in [4.69, 9.17) is 11.1 Å². The molecule has 22 heavy (non-hydrogen) atoms. The number of likely N-dealkylation sites (N-methyl/N-ethyl adjacent to an activating group) is 1. The number of rotatable bonds is 4. The summed E-state index contributed by atoms with van der Waals surface area (Å²) >= 11 is 0. The predicted octanol–water partition coefficient (Wildman–Crippen LogP) is 1.67. The molecule has 0 atom stereocenters. The molecule has 1 aromatic carbocycles. The summed E-state index contributed by atoms with van der Waals surface area (Å²) in [5.74, 6) is -0.697. The summed E-state index contributed by atoms with van der Waals surface area (Å²) in [6, 6.07) is 7.72. The molecule has 0 aliphatic heterocycles. The normalized spacial score (nSPS) is 9.95. The number of nitrogens with two attached hydrogens (primary N) is 1. The molecule has 0 bridgehead atoms. The molecule has 1 aromatic heterocycles. The van der Waals surface area contributed by atoms with E-state index in [1.54, 1.807) is 0 Å². The van der Waals surface area contributed by atoms with Gasteiger partial charge in [0.05, 0.1) is 5.56 Å². The zero-order valence-corrected chi connectivity index (χ0v) is 14.1.